The molecule has 0 aromatic heterocycles. The minimum atomic E-state index is -1.66. The van der Waals surface area contributed by atoms with Crippen molar-refractivity contribution in [1.29, 1.82) is 0 Å². The Hall–Kier alpha value is 0.227. The molecule has 0 N–H and O–H groups in total. The molecule has 1 fully saturated rings. The van der Waals surface area contributed by atoms with E-state index >= 15 is 0 Å². The van der Waals surface area contributed by atoms with Crippen LogP contribution >= 0.6 is 11.8 Å². The van der Waals surface area contributed by atoms with Gasteiger partial charge in [-0.15, -0.1) is 11.8 Å². The summed E-state index contributed by atoms with van der Waals surface area (Å²) < 4.78 is 8.92. The highest BCUT2D eigenvalue weighted by Crippen LogP contribution is 2.61. The van der Waals surface area contributed by atoms with Crippen LogP contribution in [0.1, 0.15) is 94.9 Å². The Balaban J connectivity index is 2.13. The molecule has 6 unspecified atom stereocenters. The lowest BCUT2D eigenvalue weighted by molar-refractivity contribution is -0.00471. The first-order valence-electron chi connectivity index (χ1n) is 13.0. The van der Waals surface area contributed by atoms with Gasteiger partial charge in [-0.1, -0.05) is 52.7 Å². The van der Waals surface area contributed by atoms with E-state index in [0.717, 1.165) is 35.2 Å². The lowest BCUT2D eigenvalue weighted by atomic mass is 10.0. The number of hydrogen-bond donors (Lipinski definition) is 0. The highest BCUT2D eigenvalue weighted by atomic mass is 32.2. The molecule has 0 amide bonds. The fraction of sp³-hybridized carbons (Fsp3) is 0.926. The molecule has 0 saturated heterocycles. The largest absolute Gasteiger partial charge is 0.376 e. The summed E-state index contributed by atoms with van der Waals surface area (Å²) in [5.74, 6) is 2.46. The number of nitrogens with zero attached hydrogens (tertiary/aromatic N) is 1. The van der Waals surface area contributed by atoms with Gasteiger partial charge >= 0.3 is 0 Å². The zero-order valence-corrected chi connectivity index (χ0v) is 24.5. The maximum Gasteiger partial charge on any atom is 0.129 e. The van der Waals surface area contributed by atoms with E-state index in [1.54, 1.807) is 4.91 Å². The van der Waals surface area contributed by atoms with Gasteiger partial charge in [0.05, 0.1) is 5.60 Å². The molecule has 1 saturated carbocycles. The quantitative estimate of drug-likeness (QED) is 0.236. The van der Waals surface area contributed by atoms with Crippen molar-refractivity contribution in [3.8, 4) is 0 Å². The van der Waals surface area contributed by atoms with E-state index in [4.69, 9.17) is 4.74 Å². The van der Waals surface area contributed by atoms with Crippen LogP contribution in [0, 0.1) is 17.8 Å². The molecular formula is C27H53NOSSi. The van der Waals surface area contributed by atoms with Gasteiger partial charge in [0.1, 0.15) is 8.24 Å². The second-order valence-electron chi connectivity index (χ2n) is 12.6. The van der Waals surface area contributed by atoms with Crippen molar-refractivity contribution < 1.29 is 4.74 Å². The molecule has 1 heterocycles. The van der Waals surface area contributed by atoms with E-state index in [2.05, 4.69) is 98.2 Å². The highest BCUT2D eigenvalue weighted by Gasteiger charge is 2.58. The lowest BCUT2D eigenvalue weighted by Gasteiger charge is -2.53. The predicted molar refractivity (Wildman–Crippen MR) is 143 cm³/mol. The Kier molecular flexibility index (Phi) is 9.44. The van der Waals surface area contributed by atoms with Crippen LogP contribution < -0.4 is 0 Å². The molecule has 1 aliphatic carbocycles. The Morgan fingerprint density at radius 3 is 2.16 bits per heavy atom. The molecular weight excluding hydrogens is 414 g/mol. The molecule has 4 heteroatoms. The second-order valence-corrected chi connectivity index (χ2v) is 18.4. The number of rotatable bonds is 10. The van der Waals surface area contributed by atoms with E-state index in [1.165, 1.54) is 38.3 Å². The van der Waals surface area contributed by atoms with Gasteiger partial charge in [-0.3, -0.25) is 0 Å². The van der Waals surface area contributed by atoms with Crippen LogP contribution in [-0.4, -0.2) is 42.3 Å². The average Bonchev–Trinajstić information content (AvgIpc) is 3.09. The minimum absolute atomic E-state index is 0.00336. The molecule has 2 nitrogen and oxygen atoms in total. The Labute approximate surface area is 200 Å². The van der Waals surface area contributed by atoms with Gasteiger partial charge in [0.15, 0.2) is 0 Å². The van der Waals surface area contributed by atoms with Gasteiger partial charge in [0.2, 0.25) is 0 Å². The van der Waals surface area contributed by atoms with Gasteiger partial charge in [0.25, 0.3) is 0 Å². The van der Waals surface area contributed by atoms with Crippen molar-refractivity contribution in [2.24, 2.45) is 17.8 Å². The summed E-state index contributed by atoms with van der Waals surface area (Å²) in [4.78, 5) is 1.58. The predicted octanol–water partition coefficient (Wildman–Crippen LogP) is 8.35. The summed E-state index contributed by atoms with van der Waals surface area (Å²) in [6, 6.07) is 1.45. The summed E-state index contributed by atoms with van der Waals surface area (Å²) in [6.45, 7) is 28.6. The SMILES string of the molecule is CCN(C(C)(C)C)[Si](C)(CCCCCCOC(C)(C)C)C1C(C)C(C)C2SC(C)=CC21. The summed E-state index contributed by atoms with van der Waals surface area (Å²) in [6.07, 6.45) is 7.92. The van der Waals surface area contributed by atoms with Crippen molar-refractivity contribution in [1.82, 2.24) is 4.57 Å². The van der Waals surface area contributed by atoms with Crippen LogP contribution in [0.2, 0.25) is 18.1 Å². The van der Waals surface area contributed by atoms with Crippen molar-refractivity contribution in [2.75, 3.05) is 13.2 Å². The fourth-order valence-corrected chi connectivity index (χ4v) is 15.2. The normalized spacial score (nSPS) is 31.1. The van der Waals surface area contributed by atoms with E-state index in [0.29, 0.717) is 0 Å². The van der Waals surface area contributed by atoms with Gasteiger partial charge in [-0.25, -0.2) is 0 Å². The topological polar surface area (TPSA) is 12.5 Å². The third-order valence-electron chi connectivity index (χ3n) is 8.03. The summed E-state index contributed by atoms with van der Waals surface area (Å²) in [7, 11) is -1.66. The molecule has 1 aliphatic heterocycles. The Morgan fingerprint density at radius 1 is 1.00 bits per heavy atom. The van der Waals surface area contributed by atoms with E-state index in [1.807, 2.05) is 0 Å². The third kappa shape index (κ3) is 6.64. The van der Waals surface area contributed by atoms with Crippen LogP contribution in [0.5, 0.6) is 0 Å². The van der Waals surface area contributed by atoms with Gasteiger partial charge in [-0.05, 0) is 95.7 Å². The number of fused-ring (bicyclic) bond motifs is 1. The molecule has 6 atom stereocenters. The molecule has 31 heavy (non-hydrogen) atoms. The van der Waals surface area contributed by atoms with E-state index in [-0.39, 0.29) is 11.1 Å². The Bertz CT molecular complexity index is 607. The third-order valence-corrected chi connectivity index (χ3v) is 15.5. The molecule has 0 bridgehead atoms. The lowest BCUT2D eigenvalue weighted by Crippen LogP contribution is -2.63. The first-order valence-corrected chi connectivity index (χ1v) is 16.6. The summed E-state index contributed by atoms with van der Waals surface area (Å²) >= 11 is 2.18. The maximum atomic E-state index is 5.93. The molecule has 2 rings (SSSR count). The standard InChI is InChI=1S/C27H53NOSSi/c1-12-28(26(5,6)7)31(11,18-16-14-13-15-17-29-27(8,9)10)25-22(4)21(3)24-23(25)19-20(2)30-24/h19,21-25H,12-18H2,1-11H3. The highest BCUT2D eigenvalue weighted by molar-refractivity contribution is 8.03. The number of hydrogen-bond acceptors (Lipinski definition) is 3. The average molecular weight is 468 g/mol. The zero-order valence-electron chi connectivity index (χ0n) is 22.7. The minimum Gasteiger partial charge on any atom is -0.376 e. The van der Waals surface area contributed by atoms with E-state index < -0.39 is 8.24 Å². The van der Waals surface area contributed by atoms with Gasteiger partial charge in [0, 0.05) is 17.4 Å². The molecule has 0 radical (unpaired) electrons. The van der Waals surface area contributed by atoms with Crippen LogP contribution in [0.3, 0.4) is 0 Å². The molecule has 0 aromatic rings. The number of ether oxygens (including phenoxy) is 1. The molecule has 182 valence electrons. The van der Waals surface area contributed by atoms with Crippen molar-refractivity contribution in [2.45, 2.75) is 129 Å². The zero-order chi connectivity index (χ0) is 23.6. The Morgan fingerprint density at radius 2 is 1.61 bits per heavy atom. The van der Waals surface area contributed by atoms with Crippen molar-refractivity contribution in [3.05, 3.63) is 11.0 Å². The van der Waals surface area contributed by atoms with Crippen molar-refractivity contribution in [3.63, 3.8) is 0 Å². The smallest absolute Gasteiger partial charge is 0.129 e. The number of thioether (sulfide) groups is 1. The molecule has 2 aliphatic rings. The summed E-state index contributed by atoms with van der Waals surface area (Å²) in [5.41, 5.74) is 1.12. The first kappa shape index (κ1) is 27.5. The van der Waals surface area contributed by atoms with Gasteiger partial charge < -0.3 is 9.30 Å². The number of allylic oxidation sites excluding steroid dienone is 2. The van der Waals surface area contributed by atoms with Crippen LogP contribution in [0.25, 0.3) is 0 Å². The van der Waals surface area contributed by atoms with Crippen LogP contribution in [0.4, 0.5) is 0 Å². The van der Waals surface area contributed by atoms with Crippen molar-refractivity contribution >= 4 is 20.0 Å². The van der Waals surface area contributed by atoms with Crippen LogP contribution in [0.15, 0.2) is 11.0 Å². The maximum absolute atomic E-state index is 5.93. The number of unbranched alkanes of at least 4 members (excludes halogenated alkanes) is 3. The first-order chi connectivity index (χ1) is 14.2. The van der Waals surface area contributed by atoms with E-state index in [9.17, 15) is 0 Å². The second kappa shape index (κ2) is 10.7. The van der Waals surface area contributed by atoms with Crippen LogP contribution in [-0.2, 0) is 4.74 Å². The molecule has 0 aromatic carbocycles. The molecule has 0 spiro atoms. The summed E-state index contributed by atoms with van der Waals surface area (Å²) in [5, 5.41) is 0.819. The fourth-order valence-electron chi connectivity index (χ4n) is 6.82. The van der Waals surface area contributed by atoms with Gasteiger partial charge in [-0.2, -0.15) is 0 Å². The monoisotopic (exact) mass is 467 g/mol.